The minimum Gasteiger partial charge on any atom is -0.482 e. The molecule has 0 heterocycles. The minimum atomic E-state index is -0.605. The van der Waals surface area contributed by atoms with E-state index < -0.39 is 11.9 Å². The lowest BCUT2D eigenvalue weighted by Gasteiger charge is -2.08. The van der Waals surface area contributed by atoms with Crippen molar-refractivity contribution in [3.8, 4) is 5.75 Å². The molecule has 0 aromatic heterocycles. The Kier molecular flexibility index (Phi) is 6.17. The Labute approximate surface area is 142 Å². The summed E-state index contributed by atoms with van der Waals surface area (Å²) in [5.41, 5.74) is 1.75. The second-order valence-electron chi connectivity index (χ2n) is 4.82. The zero-order valence-electron chi connectivity index (χ0n) is 12.5. The van der Waals surface area contributed by atoms with E-state index in [1.807, 2.05) is 19.1 Å². The molecule has 0 unspecified atom stereocenters. The van der Waals surface area contributed by atoms with Crippen LogP contribution in [0.15, 0.2) is 53.0 Å². The number of esters is 1. The summed E-state index contributed by atoms with van der Waals surface area (Å²) < 4.78 is 11.0. The van der Waals surface area contributed by atoms with Crippen molar-refractivity contribution in [1.82, 2.24) is 0 Å². The van der Waals surface area contributed by atoms with Gasteiger partial charge < -0.3 is 14.8 Å². The molecular formula is C17H16BrNO4. The van der Waals surface area contributed by atoms with Crippen molar-refractivity contribution >= 4 is 33.5 Å². The van der Waals surface area contributed by atoms with Gasteiger partial charge in [0.1, 0.15) is 5.75 Å². The van der Waals surface area contributed by atoms with Crippen LogP contribution in [0.1, 0.15) is 5.56 Å². The molecule has 0 aliphatic rings. The van der Waals surface area contributed by atoms with E-state index in [-0.39, 0.29) is 13.2 Å². The van der Waals surface area contributed by atoms with E-state index in [1.165, 1.54) is 0 Å². The van der Waals surface area contributed by atoms with Crippen LogP contribution in [-0.4, -0.2) is 25.1 Å². The summed E-state index contributed by atoms with van der Waals surface area (Å²) >= 11 is 3.31. The van der Waals surface area contributed by atoms with Crippen molar-refractivity contribution in [3.05, 3.63) is 58.6 Å². The van der Waals surface area contributed by atoms with E-state index in [9.17, 15) is 9.59 Å². The molecular weight excluding hydrogens is 362 g/mol. The first-order valence-electron chi connectivity index (χ1n) is 6.93. The third-order valence-corrected chi connectivity index (χ3v) is 3.40. The topological polar surface area (TPSA) is 64.6 Å². The van der Waals surface area contributed by atoms with Crippen molar-refractivity contribution in [2.75, 3.05) is 18.5 Å². The largest absolute Gasteiger partial charge is 0.482 e. The number of carbonyl (C=O) groups is 2. The molecule has 0 bridgehead atoms. The molecule has 0 saturated carbocycles. The quantitative estimate of drug-likeness (QED) is 0.784. The third-order valence-electron chi connectivity index (χ3n) is 2.87. The van der Waals surface area contributed by atoms with E-state index in [4.69, 9.17) is 9.47 Å². The van der Waals surface area contributed by atoms with Gasteiger partial charge in [0.25, 0.3) is 5.91 Å². The van der Waals surface area contributed by atoms with Gasteiger partial charge in [0.05, 0.1) is 0 Å². The van der Waals surface area contributed by atoms with Crippen molar-refractivity contribution in [2.45, 2.75) is 6.92 Å². The summed E-state index contributed by atoms with van der Waals surface area (Å²) in [5, 5.41) is 2.64. The van der Waals surface area contributed by atoms with Gasteiger partial charge in [0.2, 0.25) is 0 Å². The lowest BCUT2D eigenvalue weighted by molar-refractivity contribution is -0.149. The number of amides is 1. The molecule has 0 atom stereocenters. The van der Waals surface area contributed by atoms with Gasteiger partial charge in [-0.05, 0) is 43.3 Å². The van der Waals surface area contributed by atoms with Crippen LogP contribution >= 0.6 is 15.9 Å². The number of benzene rings is 2. The van der Waals surface area contributed by atoms with Crippen LogP contribution in [0.4, 0.5) is 5.69 Å². The Bertz CT molecular complexity index is 668. The predicted octanol–water partition coefficient (Wildman–Crippen LogP) is 3.32. The predicted molar refractivity (Wildman–Crippen MR) is 90.4 cm³/mol. The summed E-state index contributed by atoms with van der Waals surface area (Å²) in [7, 11) is 0. The molecule has 6 heteroatoms. The molecule has 23 heavy (non-hydrogen) atoms. The zero-order chi connectivity index (χ0) is 16.7. The van der Waals surface area contributed by atoms with E-state index in [0.717, 1.165) is 10.0 Å². The zero-order valence-corrected chi connectivity index (χ0v) is 14.1. The summed E-state index contributed by atoms with van der Waals surface area (Å²) in [6, 6.07) is 14.4. The number of anilines is 1. The lowest BCUT2D eigenvalue weighted by Crippen LogP contribution is -2.23. The van der Waals surface area contributed by atoms with Gasteiger partial charge >= 0.3 is 5.97 Å². The Hall–Kier alpha value is -2.34. The fourth-order valence-electron chi connectivity index (χ4n) is 1.69. The third kappa shape index (κ3) is 6.12. The van der Waals surface area contributed by atoms with Crippen LogP contribution in [0.5, 0.6) is 5.75 Å². The minimum absolute atomic E-state index is 0.251. The number of hydrogen-bond acceptors (Lipinski definition) is 4. The van der Waals surface area contributed by atoms with Crippen LogP contribution < -0.4 is 10.1 Å². The molecule has 0 saturated heterocycles. The summed E-state index contributed by atoms with van der Waals surface area (Å²) in [5.74, 6) is -0.452. The average Bonchev–Trinajstić information content (AvgIpc) is 2.54. The molecule has 0 spiro atoms. The van der Waals surface area contributed by atoms with Gasteiger partial charge in [-0.3, -0.25) is 4.79 Å². The number of ether oxygens (including phenoxy) is 2. The number of aryl methyl sites for hydroxylation is 1. The molecule has 2 aromatic rings. The van der Waals surface area contributed by atoms with Crippen molar-refractivity contribution in [1.29, 1.82) is 0 Å². The first-order chi connectivity index (χ1) is 11.0. The van der Waals surface area contributed by atoms with E-state index in [1.54, 1.807) is 36.4 Å². The highest BCUT2D eigenvalue weighted by Crippen LogP contribution is 2.16. The molecule has 1 amide bonds. The standard InChI is InChI=1S/C17H16BrNO4/c1-12-2-6-14(7-3-12)19-16(20)10-23-17(21)11-22-15-8-4-13(18)5-9-15/h2-9H,10-11H2,1H3,(H,19,20). The second-order valence-corrected chi connectivity index (χ2v) is 5.73. The number of nitrogens with one attached hydrogen (secondary N) is 1. The van der Waals surface area contributed by atoms with Crippen LogP contribution in [0, 0.1) is 6.92 Å². The SMILES string of the molecule is Cc1ccc(NC(=O)COC(=O)COc2ccc(Br)cc2)cc1. The van der Waals surface area contributed by atoms with Crippen LogP contribution in [0.3, 0.4) is 0 Å². The van der Waals surface area contributed by atoms with Gasteiger partial charge in [-0.2, -0.15) is 0 Å². The van der Waals surface area contributed by atoms with Crippen molar-refractivity contribution in [3.63, 3.8) is 0 Å². The number of carbonyl (C=O) groups excluding carboxylic acids is 2. The summed E-state index contributed by atoms with van der Waals surface area (Å²) in [6.07, 6.45) is 0. The smallest absolute Gasteiger partial charge is 0.344 e. The summed E-state index contributed by atoms with van der Waals surface area (Å²) in [6.45, 7) is 1.36. The van der Waals surface area contributed by atoms with Crippen molar-refractivity contribution in [2.24, 2.45) is 0 Å². The second kappa shape index (κ2) is 8.33. The molecule has 0 fully saturated rings. The highest BCUT2D eigenvalue weighted by atomic mass is 79.9. The van der Waals surface area contributed by atoms with Gasteiger partial charge in [-0.25, -0.2) is 4.79 Å². The first-order valence-corrected chi connectivity index (χ1v) is 7.73. The summed E-state index contributed by atoms with van der Waals surface area (Å²) in [4.78, 5) is 23.2. The maximum absolute atomic E-state index is 11.7. The first kappa shape index (κ1) is 17.0. The molecule has 0 radical (unpaired) electrons. The molecule has 1 N–H and O–H groups in total. The fraction of sp³-hybridized carbons (Fsp3) is 0.176. The van der Waals surface area contributed by atoms with Gasteiger partial charge in [0, 0.05) is 10.2 Å². The average molecular weight is 378 g/mol. The van der Waals surface area contributed by atoms with Gasteiger partial charge in [0.15, 0.2) is 13.2 Å². The Morgan fingerprint density at radius 2 is 1.65 bits per heavy atom. The normalized spacial score (nSPS) is 10.0. The Balaban J connectivity index is 1.70. The highest BCUT2D eigenvalue weighted by molar-refractivity contribution is 9.10. The van der Waals surface area contributed by atoms with Gasteiger partial charge in [-0.1, -0.05) is 33.6 Å². The maximum Gasteiger partial charge on any atom is 0.344 e. The van der Waals surface area contributed by atoms with Crippen LogP contribution in [-0.2, 0) is 14.3 Å². The molecule has 120 valence electrons. The number of rotatable bonds is 6. The molecule has 0 aliphatic heterocycles. The van der Waals surface area contributed by atoms with Crippen LogP contribution in [0.2, 0.25) is 0 Å². The molecule has 0 aliphatic carbocycles. The number of halogens is 1. The van der Waals surface area contributed by atoms with E-state index in [0.29, 0.717) is 11.4 Å². The molecule has 2 aromatic carbocycles. The maximum atomic E-state index is 11.7. The molecule has 2 rings (SSSR count). The number of hydrogen-bond donors (Lipinski definition) is 1. The monoisotopic (exact) mass is 377 g/mol. The highest BCUT2D eigenvalue weighted by Gasteiger charge is 2.09. The van der Waals surface area contributed by atoms with E-state index in [2.05, 4.69) is 21.2 Å². The lowest BCUT2D eigenvalue weighted by atomic mass is 10.2. The van der Waals surface area contributed by atoms with Crippen molar-refractivity contribution < 1.29 is 19.1 Å². The Morgan fingerprint density at radius 1 is 1.00 bits per heavy atom. The van der Waals surface area contributed by atoms with Gasteiger partial charge in [-0.15, -0.1) is 0 Å². The molecule has 5 nitrogen and oxygen atoms in total. The van der Waals surface area contributed by atoms with E-state index >= 15 is 0 Å². The van der Waals surface area contributed by atoms with Crippen LogP contribution in [0.25, 0.3) is 0 Å². The Morgan fingerprint density at radius 3 is 2.30 bits per heavy atom. The fourth-order valence-corrected chi connectivity index (χ4v) is 1.96.